The number of hydrogen-bond donors (Lipinski definition) is 1. The van der Waals surface area contributed by atoms with Gasteiger partial charge >= 0.3 is 5.97 Å². The normalized spacial score (nSPS) is 19.8. The quantitative estimate of drug-likeness (QED) is 0.900. The minimum atomic E-state index is -0.947. The molecule has 0 bridgehead atoms. The van der Waals surface area contributed by atoms with Gasteiger partial charge in [-0.2, -0.15) is 11.8 Å². The number of nitrogens with zero attached hydrogens (tertiary/aromatic N) is 1. The molecule has 98 valence electrons. The SMILES string of the molecule is CCc1occc1C(=O)N1CCSCC1C(=O)O. The van der Waals surface area contributed by atoms with Crippen molar-refractivity contribution in [3.8, 4) is 0 Å². The fourth-order valence-electron chi connectivity index (χ4n) is 2.01. The Morgan fingerprint density at radius 1 is 1.61 bits per heavy atom. The number of carboxylic acid groups (broad SMARTS) is 1. The molecule has 1 unspecified atom stereocenters. The summed E-state index contributed by atoms with van der Waals surface area (Å²) in [6.45, 7) is 2.37. The Bertz CT molecular complexity index is 457. The number of carboxylic acids is 1. The second kappa shape index (κ2) is 5.48. The lowest BCUT2D eigenvalue weighted by molar-refractivity contribution is -0.141. The third-order valence-electron chi connectivity index (χ3n) is 2.97. The first-order valence-corrected chi connectivity index (χ1v) is 6.98. The van der Waals surface area contributed by atoms with Crippen molar-refractivity contribution in [1.82, 2.24) is 4.90 Å². The van der Waals surface area contributed by atoms with E-state index in [0.717, 1.165) is 5.75 Å². The molecule has 0 aromatic carbocycles. The highest BCUT2D eigenvalue weighted by molar-refractivity contribution is 7.99. The smallest absolute Gasteiger partial charge is 0.327 e. The number of thioether (sulfide) groups is 1. The molecule has 0 spiro atoms. The number of furan rings is 1. The number of amides is 1. The highest BCUT2D eigenvalue weighted by Gasteiger charge is 2.34. The Labute approximate surface area is 109 Å². The van der Waals surface area contributed by atoms with Gasteiger partial charge in [-0.05, 0) is 6.07 Å². The molecule has 0 aliphatic carbocycles. The molecule has 1 fully saturated rings. The molecule has 1 aromatic rings. The fourth-order valence-corrected chi connectivity index (χ4v) is 3.05. The summed E-state index contributed by atoms with van der Waals surface area (Å²) in [4.78, 5) is 24.9. The molecular weight excluding hydrogens is 254 g/mol. The van der Waals surface area contributed by atoms with Gasteiger partial charge in [-0.15, -0.1) is 0 Å². The molecule has 1 atom stereocenters. The Morgan fingerprint density at radius 3 is 3.06 bits per heavy atom. The van der Waals surface area contributed by atoms with Gasteiger partial charge < -0.3 is 14.4 Å². The van der Waals surface area contributed by atoms with E-state index in [1.165, 1.54) is 11.2 Å². The predicted molar refractivity (Wildman–Crippen MR) is 67.9 cm³/mol. The van der Waals surface area contributed by atoms with E-state index in [2.05, 4.69) is 0 Å². The highest BCUT2D eigenvalue weighted by atomic mass is 32.2. The van der Waals surface area contributed by atoms with Gasteiger partial charge in [0.2, 0.25) is 0 Å². The lowest BCUT2D eigenvalue weighted by Gasteiger charge is -2.32. The van der Waals surface area contributed by atoms with Crippen LogP contribution in [0.2, 0.25) is 0 Å². The number of carbonyl (C=O) groups excluding carboxylic acids is 1. The average molecular weight is 269 g/mol. The topological polar surface area (TPSA) is 70.8 Å². The van der Waals surface area contributed by atoms with Crippen LogP contribution in [0.4, 0.5) is 0 Å². The Hall–Kier alpha value is -1.43. The summed E-state index contributed by atoms with van der Waals surface area (Å²) in [6.07, 6.45) is 2.09. The van der Waals surface area contributed by atoms with E-state index in [4.69, 9.17) is 9.52 Å². The molecule has 1 aliphatic rings. The third-order valence-corrected chi connectivity index (χ3v) is 3.99. The predicted octanol–water partition coefficient (Wildman–Crippen LogP) is 1.48. The van der Waals surface area contributed by atoms with Gasteiger partial charge in [0.25, 0.3) is 5.91 Å². The van der Waals surface area contributed by atoms with Crippen molar-refractivity contribution in [3.63, 3.8) is 0 Å². The fraction of sp³-hybridized carbons (Fsp3) is 0.500. The lowest BCUT2D eigenvalue weighted by Crippen LogP contribution is -2.50. The molecule has 1 saturated heterocycles. The van der Waals surface area contributed by atoms with Crippen LogP contribution in [0.15, 0.2) is 16.7 Å². The van der Waals surface area contributed by atoms with E-state index >= 15 is 0 Å². The summed E-state index contributed by atoms with van der Waals surface area (Å²) < 4.78 is 5.22. The van der Waals surface area contributed by atoms with Gasteiger partial charge in [-0.3, -0.25) is 4.79 Å². The summed E-state index contributed by atoms with van der Waals surface area (Å²) in [5, 5.41) is 9.15. The largest absolute Gasteiger partial charge is 0.480 e. The van der Waals surface area contributed by atoms with Crippen molar-refractivity contribution < 1.29 is 19.1 Å². The summed E-state index contributed by atoms with van der Waals surface area (Å²) in [7, 11) is 0. The zero-order valence-electron chi connectivity index (χ0n) is 10.1. The summed E-state index contributed by atoms with van der Waals surface area (Å²) in [5.74, 6) is 0.641. The van der Waals surface area contributed by atoms with E-state index in [0.29, 0.717) is 30.0 Å². The van der Waals surface area contributed by atoms with Gasteiger partial charge in [0.05, 0.1) is 11.8 Å². The van der Waals surface area contributed by atoms with E-state index in [9.17, 15) is 9.59 Å². The van der Waals surface area contributed by atoms with Crippen molar-refractivity contribution in [2.75, 3.05) is 18.1 Å². The van der Waals surface area contributed by atoms with Crippen molar-refractivity contribution in [2.24, 2.45) is 0 Å². The zero-order valence-corrected chi connectivity index (χ0v) is 10.9. The van der Waals surface area contributed by atoms with Crippen LogP contribution in [-0.4, -0.2) is 46.0 Å². The van der Waals surface area contributed by atoms with Crippen LogP contribution in [-0.2, 0) is 11.2 Å². The van der Waals surface area contributed by atoms with Crippen LogP contribution in [0.3, 0.4) is 0 Å². The summed E-state index contributed by atoms with van der Waals surface area (Å²) in [6, 6.07) is 0.873. The molecule has 1 N–H and O–H groups in total. The molecule has 0 saturated carbocycles. The maximum absolute atomic E-state index is 12.3. The molecule has 2 heterocycles. The van der Waals surface area contributed by atoms with Gasteiger partial charge in [0.1, 0.15) is 11.8 Å². The highest BCUT2D eigenvalue weighted by Crippen LogP contribution is 2.21. The zero-order chi connectivity index (χ0) is 13.1. The van der Waals surface area contributed by atoms with Crippen LogP contribution < -0.4 is 0 Å². The number of hydrogen-bond acceptors (Lipinski definition) is 4. The Balaban J connectivity index is 2.23. The number of aliphatic carboxylic acids is 1. The summed E-state index contributed by atoms with van der Waals surface area (Å²) in [5.41, 5.74) is 0.482. The van der Waals surface area contributed by atoms with E-state index in [-0.39, 0.29) is 5.91 Å². The maximum atomic E-state index is 12.3. The van der Waals surface area contributed by atoms with E-state index < -0.39 is 12.0 Å². The minimum Gasteiger partial charge on any atom is -0.480 e. The van der Waals surface area contributed by atoms with Crippen LogP contribution in [0, 0.1) is 0 Å². The van der Waals surface area contributed by atoms with Gasteiger partial charge in [0.15, 0.2) is 0 Å². The maximum Gasteiger partial charge on any atom is 0.327 e. The van der Waals surface area contributed by atoms with Crippen molar-refractivity contribution >= 4 is 23.6 Å². The second-order valence-electron chi connectivity index (χ2n) is 4.04. The Morgan fingerprint density at radius 2 is 2.39 bits per heavy atom. The molecule has 1 aromatic heterocycles. The molecule has 18 heavy (non-hydrogen) atoms. The van der Waals surface area contributed by atoms with Crippen molar-refractivity contribution in [3.05, 3.63) is 23.7 Å². The van der Waals surface area contributed by atoms with Crippen molar-refractivity contribution in [1.29, 1.82) is 0 Å². The number of rotatable bonds is 3. The standard InChI is InChI=1S/C12H15NO4S/c1-2-10-8(3-5-17-10)11(14)13-4-6-18-7-9(13)12(15)16/h3,5,9H,2,4,6-7H2,1H3,(H,15,16). The third kappa shape index (κ3) is 2.38. The molecular formula is C12H15NO4S. The van der Waals surface area contributed by atoms with Crippen LogP contribution in [0.5, 0.6) is 0 Å². The van der Waals surface area contributed by atoms with Crippen LogP contribution in [0.25, 0.3) is 0 Å². The molecule has 5 nitrogen and oxygen atoms in total. The Kier molecular flexibility index (Phi) is 3.96. The summed E-state index contributed by atoms with van der Waals surface area (Å²) >= 11 is 1.56. The van der Waals surface area contributed by atoms with E-state index in [1.807, 2.05) is 6.92 Å². The first kappa shape index (κ1) is 13.0. The lowest BCUT2D eigenvalue weighted by atomic mass is 10.1. The van der Waals surface area contributed by atoms with Crippen LogP contribution in [0.1, 0.15) is 23.0 Å². The molecule has 2 rings (SSSR count). The first-order chi connectivity index (χ1) is 8.65. The first-order valence-electron chi connectivity index (χ1n) is 5.83. The van der Waals surface area contributed by atoms with E-state index in [1.54, 1.807) is 17.8 Å². The molecule has 0 radical (unpaired) electrons. The molecule has 6 heteroatoms. The second-order valence-corrected chi connectivity index (χ2v) is 5.19. The monoisotopic (exact) mass is 269 g/mol. The number of aryl methyl sites for hydroxylation is 1. The minimum absolute atomic E-state index is 0.242. The van der Waals surface area contributed by atoms with Crippen LogP contribution >= 0.6 is 11.8 Å². The van der Waals surface area contributed by atoms with Gasteiger partial charge in [-0.25, -0.2) is 4.79 Å². The molecule has 1 aliphatic heterocycles. The van der Waals surface area contributed by atoms with Crippen molar-refractivity contribution in [2.45, 2.75) is 19.4 Å². The number of carbonyl (C=O) groups is 2. The molecule has 1 amide bonds. The van der Waals surface area contributed by atoms with Gasteiger partial charge in [0, 0.05) is 24.5 Å². The van der Waals surface area contributed by atoms with Gasteiger partial charge in [-0.1, -0.05) is 6.92 Å². The average Bonchev–Trinajstić information content (AvgIpc) is 2.86.